The van der Waals surface area contributed by atoms with Crippen LogP contribution in [0.15, 0.2) is 66.7 Å². The maximum Gasteiger partial charge on any atom is 0.227 e. The molecule has 33 heavy (non-hydrogen) atoms. The van der Waals surface area contributed by atoms with Crippen molar-refractivity contribution in [2.24, 2.45) is 0 Å². The largest absolute Gasteiger partial charge is 0.491 e. The monoisotopic (exact) mass is 443 g/mol. The first kappa shape index (κ1) is 21.2. The molecule has 0 saturated carbocycles. The first-order valence-corrected chi connectivity index (χ1v) is 11.2. The van der Waals surface area contributed by atoms with Gasteiger partial charge in [0.1, 0.15) is 24.0 Å². The number of benzene rings is 3. The van der Waals surface area contributed by atoms with E-state index in [1.165, 1.54) is 16.5 Å². The van der Waals surface area contributed by atoms with Gasteiger partial charge in [-0.15, -0.1) is 0 Å². The Morgan fingerprint density at radius 1 is 1.06 bits per heavy atom. The fourth-order valence-electron chi connectivity index (χ4n) is 4.63. The molecule has 0 radical (unpaired) electrons. The number of anilines is 1. The molecule has 1 amide bonds. The van der Waals surface area contributed by atoms with Crippen LogP contribution < -0.4 is 9.64 Å². The molecule has 2 heterocycles. The molecular weight excluding hydrogens is 417 g/mol. The molecule has 6 heteroatoms. The van der Waals surface area contributed by atoms with Crippen molar-refractivity contribution in [3.63, 3.8) is 0 Å². The molecule has 0 N–H and O–H groups in total. The smallest absolute Gasteiger partial charge is 0.227 e. The molecule has 5 nitrogen and oxygen atoms in total. The van der Waals surface area contributed by atoms with Gasteiger partial charge in [-0.3, -0.25) is 4.79 Å². The zero-order valence-corrected chi connectivity index (χ0v) is 18.8. The Balaban J connectivity index is 1.41. The van der Waals surface area contributed by atoms with Crippen LogP contribution in [-0.4, -0.2) is 28.6 Å². The van der Waals surface area contributed by atoms with E-state index in [1.807, 2.05) is 43.3 Å². The Morgan fingerprint density at radius 3 is 2.67 bits per heavy atom. The average Bonchev–Trinajstić information content (AvgIpc) is 3.36. The molecule has 0 aliphatic carbocycles. The third kappa shape index (κ3) is 4.09. The van der Waals surface area contributed by atoms with Crippen molar-refractivity contribution in [1.82, 2.24) is 9.55 Å². The molecular formula is C27H26FN3O2. The molecule has 0 bridgehead atoms. The van der Waals surface area contributed by atoms with Crippen molar-refractivity contribution in [3.05, 3.63) is 89.5 Å². The number of aryl methyl sites for hydroxylation is 2. The summed E-state index contributed by atoms with van der Waals surface area (Å²) in [7, 11) is 0. The van der Waals surface area contributed by atoms with Crippen LogP contribution in [0, 0.1) is 19.7 Å². The number of fused-ring (bicyclic) bond motifs is 1. The average molecular weight is 444 g/mol. The Kier molecular flexibility index (Phi) is 5.58. The van der Waals surface area contributed by atoms with E-state index in [0.717, 1.165) is 28.2 Å². The summed E-state index contributed by atoms with van der Waals surface area (Å²) in [6.07, 6.45) is 0.301. The number of amides is 1. The molecule has 4 aromatic rings. The predicted octanol–water partition coefficient (Wildman–Crippen LogP) is 5.39. The Labute approximate surface area is 192 Å². The Morgan fingerprint density at radius 2 is 1.85 bits per heavy atom. The molecule has 1 fully saturated rings. The highest BCUT2D eigenvalue weighted by Gasteiger charge is 2.35. The van der Waals surface area contributed by atoms with Crippen molar-refractivity contribution in [2.75, 3.05) is 18.1 Å². The first-order valence-electron chi connectivity index (χ1n) is 11.2. The van der Waals surface area contributed by atoms with E-state index in [4.69, 9.17) is 9.72 Å². The molecule has 1 unspecified atom stereocenters. The molecule has 1 aliphatic rings. The van der Waals surface area contributed by atoms with E-state index in [0.29, 0.717) is 31.8 Å². The van der Waals surface area contributed by atoms with E-state index in [2.05, 4.69) is 17.6 Å². The second-order valence-electron chi connectivity index (χ2n) is 8.58. The number of hydrogen-bond acceptors (Lipinski definition) is 3. The van der Waals surface area contributed by atoms with E-state index >= 15 is 0 Å². The van der Waals surface area contributed by atoms with Gasteiger partial charge in [0.15, 0.2) is 0 Å². The topological polar surface area (TPSA) is 47.4 Å². The molecule has 0 spiro atoms. The quantitative estimate of drug-likeness (QED) is 0.401. The number of imidazole rings is 1. The number of carbonyl (C=O) groups is 1. The number of nitrogens with zero attached hydrogens (tertiary/aromatic N) is 3. The lowest BCUT2D eigenvalue weighted by Crippen LogP contribution is -2.25. The zero-order chi connectivity index (χ0) is 22.9. The molecule has 1 saturated heterocycles. The molecule has 1 atom stereocenters. The van der Waals surface area contributed by atoms with Gasteiger partial charge in [-0.25, -0.2) is 9.37 Å². The van der Waals surface area contributed by atoms with E-state index < -0.39 is 0 Å². The maximum absolute atomic E-state index is 14.3. The van der Waals surface area contributed by atoms with Crippen LogP contribution in [0.3, 0.4) is 0 Å². The lowest BCUT2D eigenvalue weighted by Gasteiger charge is -2.18. The summed E-state index contributed by atoms with van der Waals surface area (Å²) < 4.78 is 22.6. The van der Waals surface area contributed by atoms with Gasteiger partial charge in [-0.1, -0.05) is 42.0 Å². The van der Waals surface area contributed by atoms with Gasteiger partial charge < -0.3 is 14.2 Å². The van der Waals surface area contributed by atoms with Crippen LogP contribution in [0.1, 0.15) is 29.3 Å². The number of carbonyl (C=O) groups excluding carboxylic acids is 1. The molecule has 1 aliphatic heterocycles. The summed E-state index contributed by atoms with van der Waals surface area (Å²) in [6, 6.07) is 20.5. The van der Waals surface area contributed by atoms with Gasteiger partial charge in [0.05, 0.1) is 23.3 Å². The number of halogens is 1. The lowest BCUT2D eigenvalue weighted by molar-refractivity contribution is -0.117. The van der Waals surface area contributed by atoms with Crippen molar-refractivity contribution < 1.29 is 13.9 Å². The second kappa shape index (κ2) is 8.70. The summed E-state index contributed by atoms with van der Waals surface area (Å²) in [4.78, 5) is 19.2. The normalized spacial score (nSPS) is 16.0. The molecule has 168 valence electrons. The highest BCUT2D eigenvalue weighted by atomic mass is 19.1. The summed E-state index contributed by atoms with van der Waals surface area (Å²) in [5.41, 5.74) is 4.52. The standard InChI is InChI=1S/C27H26FN3O2/c1-18-11-12-25(19(2)15-18)33-14-13-30-24-10-6-4-8-22(24)29-27(30)20-16-26(32)31(17-20)23-9-5-3-7-21(23)28/h3-12,15,20H,13-14,16-17H2,1-2H3. The van der Waals surface area contributed by atoms with Crippen LogP contribution in [0.4, 0.5) is 10.1 Å². The van der Waals surface area contributed by atoms with Gasteiger partial charge in [0.2, 0.25) is 5.91 Å². The fraction of sp³-hybridized carbons (Fsp3) is 0.259. The van der Waals surface area contributed by atoms with Crippen molar-refractivity contribution in [3.8, 4) is 5.75 Å². The van der Waals surface area contributed by atoms with Gasteiger partial charge in [0.25, 0.3) is 0 Å². The van der Waals surface area contributed by atoms with Gasteiger partial charge in [-0.2, -0.15) is 0 Å². The fourth-order valence-corrected chi connectivity index (χ4v) is 4.63. The number of para-hydroxylation sites is 3. The van der Waals surface area contributed by atoms with E-state index in [-0.39, 0.29) is 17.6 Å². The number of ether oxygens (including phenoxy) is 1. The van der Waals surface area contributed by atoms with E-state index in [9.17, 15) is 9.18 Å². The highest BCUT2D eigenvalue weighted by Crippen LogP contribution is 2.34. The van der Waals surface area contributed by atoms with E-state index in [1.54, 1.807) is 18.2 Å². The minimum absolute atomic E-state index is 0.0877. The Bertz CT molecular complexity index is 1330. The number of rotatable bonds is 6. The third-order valence-electron chi connectivity index (χ3n) is 6.22. The summed E-state index contributed by atoms with van der Waals surface area (Å²) in [5.74, 6) is 1.11. The van der Waals surface area contributed by atoms with Crippen LogP contribution >= 0.6 is 0 Å². The minimum Gasteiger partial charge on any atom is -0.491 e. The summed E-state index contributed by atoms with van der Waals surface area (Å²) in [5, 5.41) is 0. The second-order valence-corrected chi connectivity index (χ2v) is 8.58. The van der Waals surface area contributed by atoms with Gasteiger partial charge in [0, 0.05) is 18.9 Å². The van der Waals surface area contributed by atoms with Crippen molar-refractivity contribution in [2.45, 2.75) is 32.7 Å². The van der Waals surface area contributed by atoms with Crippen LogP contribution in [0.25, 0.3) is 11.0 Å². The lowest BCUT2D eigenvalue weighted by atomic mass is 10.1. The van der Waals surface area contributed by atoms with Crippen LogP contribution in [0.2, 0.25) is 0 Å². The molecule has 5 rings (SSSR count). The SMILES string of the molecule is Cc1ccc(OCCn2c(C3CC(=O)N(c4ccccc4F)C3)nc3ccccc32)c(C)c1. The number of aromatic nitrogens is 2. The summed E-state index contributed by atoms with van der Waals surface area (Å²) in [6.45, 7) is 5.60. The van der Waals surface area contributed by atoms with Crippen molar-refractivity contribution in [1.29, 1.82) is 0 Å². The molecule has 1 aromatic heterocycles. The van der Waals surface area contributed by atoms with Crippen molar-refractivity contribution >= 4 is 22.6 Å². The predicted molar refractivity (Wildman–Crippen MR) is 127 cm³/mol. The first-order chi connectivity index (χ1) is 16.0. The third-order valence-corrected chi connectivity index (χ3v) is 6.22. The number of hydrogen-bond donors (Lipinski definition) is 0. The van der Waals surface area contributed by atoms with Gasteiger partial charge >= 0.3 is 0 Å². The van der Waals surface area contributed by atoms with Crippen LogP contribution in [0.5, 0.6) is 5.75 Å². The summed E-state index contributed by atoms with van der Waals surface area (Å²) >= 11 is 0. The van der Waals surface area contributed by atoms with Gasteiger partial charge in [-0.05, 0) is 49.7 Å². The molecule has 3 aromatic carbocycles. The van der Waals surface area contributed by atoms with Crippen LogP contribution in [-0.2, 0) is 11.3 Å². The highest BCUT2D eigenvalue weighted by molar-refractivity contribution is 5.96. The minimum atomic E-state index is -0.387. The Hall–Kier alpha value is -3.67. The zero-order valence-electron chi connectivity index (χ0n) is 18.8. The maximum atomic E-state index is 14.3.